The minimum absolute atomic E-state index is 0.644. The number of nitrogens with one attached hydrogen (secondary N) is 1. The highest BCUT2D eigenvalue weighted by Gasteiger charge is 2.24. The number of halogens is 1. The first-order valence-corrected chi connectivity index (χ1v) is 6.54. The molecular weight excluding hydrogens is 276 g/mol. The van der Waals surface area contributed by atoms with Gasteiger partial charge in [0.2, 0.25) is 0 Å². The molecule has 1 atom stereocenters. The molecule has 0 spiro atoms. The van der Waals surface area contributed by atoms with E-state index in [1.807, 2.05) is 6.20 Å². The Hall–Kier alpha value is -1.35. The Morgan fingerprint density at radius 3 is 3.00 bits per heavy atom. The monoisotopic (exact) mass is 288 g/mol. The molecule has 1 aliphatic rings. The zero-order valence-electron chi connectivity index (χ0n) is 9.36. The first kappa shape index (κ1) is 10.8. The van der Waals surface area contributed by atoms with Crippen LogP contribution in [-0.2, 0) is 6.42 Å². The van der Waals surface area contributed by atoms with Gasteiger partial charge in [-0.05, 0) is 39.5 Å². The third kappa shape index (κ3) is 2.20. The third-order valence-corrected chi connectivity index (χ3v) is 3.65. The maximum Gasteiger partial charge on any atom is 0.0538 e. The van der Waals surface area contributed by atoms with Crippen LogP contribution in [0.1, 0.15) is 17.0 Å². The summed E-state index contributed by atoms with van der Waals surface area (Å²) in [4.78, 5) is 4.14. The highest BCUT2D eigenvalue weighted by Crippen LogP contribution is 2.34. The van der Waals surface area contributed by atoms with E-state index in [2.05, 4.69) is 56.6 Å². The van der Waals surface area contributed by atoms with E-state index in [4.69, 9.17) is 0 Å². The summed E-state index contributed by atoms with van der Waals surface area (Å²) in [7, 11) is 0. The summed E-state index contributed by atoms with van der Waals surface area (Å²) >= 11 is 3.42. The lowest BCUT2D eigenvalue weighted by molar-refractivity contribution is 0.635. The van der Waals surface area contributed by atoms with Gasteiger partial charge in [-0.1, -0.05) is 24.3 Å². The van der Waals surface area contributed by atoms with E-state index < -0.39 is 0 Å². The van der Waals surface area contributed by atoms with Crippen molar-refractivity contribution in [3.05, 3.63) is 58.3 Å². The minimum atomic E-state index is 0.644. The predicted molar refractivity (Wildman–Crippen MR) is 73.3 cm³/mol. The molecule has 0 saturated carbocycles. The Morgan fingerprint density at radius 1 is 1.29 bits per heavy atom. The van der Waals surface area contributed by atoms with E-state index in [9.17, 15) is 0 Å². The Morgan fingerprint density at radius 2 is 2.18 bits per heavy atom. The largest absolute Gasteiger partial charge is 0.383 e. The number of anilines is 1. The van der Waals surface area contributed by atoms with E-state index in [0.29, 0.717) is 5.92 Å². The summed E-state index contributed by atoms with van der Waals surface area (Å²) in [6.07, 6.45) is 4.84. The average molecular weight is 289 g/mol. The molecule has 1 N–H and O–H groups in total. The molecule has 0 amide bonds. The van der Waals surface area contributed by atoms with Crippen LogP contribution < -0.4 is 5.32 Å². The fourth-order valence-corrected chi connectivity index (χ4v) is 2.66. The van der Waals surface area contributed by atoms with Gasteiger partial charge in [-0.2, -0.15) is 0 Å². The molecule has 17 heavy (non-hydrogen) atoms. The second-order valence-electron chi connectivity index (χ2n) is 4.37. The zero-order valence-corrected chi connectivity index (χ0v) is 10.9. The lowest BCUT2D eigenvalue weighted by Gasteiger charge is -2.30. The molecule has 3 heteroatoms. The number of aromatic nitrogens is 1. The van der Waals surface area contributed by atoms with E-state index in [0.717, 1.165) is 16.7 Å². The quantitative estimate of drug-likeness (QED) is 0.934. The van der Waals surface area contributed by atoms with Crippen LogP contribution in [-0.4, -0.2) is 11.5 Å². The van der Waals surface area contributed by atoms with Gasteiger partial charge in [-0.3, -0.25) is 4.98 Å². The van der Waals surface area contributed by atoms with Gasteiger partial charge in [0.05, 0.1) is 11.9 Å². The summed E-state index contributed by atoms with van der Waals surface area (Å²) in [5.41, 5.74) is 4.05. The number of nitrogens with zero attached hydrogens (tertiary/aromatic N) is 1. The van der Waals surface area contributed by atoms with E-state index >= 15 is 0 Å². The molecule has 1 unspecified atom stereocenters. The highest BCUT2D eigenvalue weighted by molar-refractivity contribution is 9.10. The highest BCUT2D eigenvalue weighted by atomic mass is 79.9. The van der Waals surface area contributed by atoms with Gasteiger partial charge in [0.25, 0.3) is 0 Å². The summed E-state index contributed by atoms with van der Waals surface area (Å²) in [5.74, 6) is 0.644. The molecule has 1 heterocycles. The van der Waals surface area contributed by atoms with Gasteiger partial charge in [-0.25, -0.2) is 0 Å². The van der Waals surface area contributed by atoms with Crippen LogP contribution in [0.25, 0.3) is 0 Å². The van der Waals surface area contributed by atoms with Gasteiger partial charge in [0.1, 0.15) is 0 Å². The standard InChI is InChI=1S/C14H13BrN2/c15-12-6-13(9-16-8-12)17-7-11-5-10-3-1-2-4-14(10)11/h1-4,6,8-9,11,17H,5,7H2. The van der Waals surface area contributed by atoms with Crippen molar-refractivity contribution in [2.45, 2.75) is 12.3 Å². The van der Waals surface area contributed by atoms with E-state index in [1.165, 1.54) is 17.5 Å². The molecule has 0 aliphatic heterocycles. The topological polar surface area (TPSA) is 24.9 Å². The Kier molecular flexibility index (Phi) is 2.85. The molecule has 0 saturated heterocycles. The Balaban J connectivity index is 1.64. The predicted octanol–water partition coefficient (Wildman–Crippen LogP) is 3.60. The molecule has 2 nitrogen and oxygen atoms in total. The van der Waals surface area contributed by atoms with Crippen molar-refractivity contribution in [1.82, 2.24) is 4.98 Å². The Bertz CT molecular complexity index is 539. The van der Waals surface area contributed by atoms with Crippen molar-refractivity contribution in [2.24, 2.45) is 0 Å². The van der Waals surface area contributed by atoms with Gasteiger partial charge in [-0.15, -0.1) is 0 Å². The summed E-state index contributed by atoms with van der Waals surface area (Å²) in [5, 5.41) is 3.44. The lowest BCUT2D eigenvalue weighted by Crippen LogP contribution is -2.24. The number of hydrogen-bond acceptors (Lipinski definition) is 2. The maximum absolute atomic E-state index is 4.14. The van der Waals surface area contributed by atoms with Crippen LogP contribution in [0.2, 0.25) is 0 Å². The molecule has 2 aromatic rings. The minimum Gasteiger partial charge on any atom is -0.383 e. The number of benzene rings is 1. The van der Waals surface area contributed by atoms with Crippen LogP contribution in [0.3, 0.4) is 0 Å². The molecule has 0 radical (unpaired) electrons. The molecule has 86 valence electrons. The van der Waals surface area contributed by atoms with Crippen LogP contribution in [0, 0.1) is 0 Å². The number of pyridine rings is 1. The van der Waals surface area contributed by atoms with E-state index in [-0.39, 0.29) is 0 Å². The zero-order chi connectivity index (χ0) is 11.7. The number of fused-ring (bicyclic) bond motifs is 1. The first-order chi connectivity index (χ1) is 8.33. The molecule has 1 aliphatic carbocycles. The van der Waals surface area contributed by atoms with Crippen LogP contribution in [0.4, 0.5) is 5.69 Å². The van der Waals surface area contributed by atoms with Crippen molar-refractivity contribution >= 4 is 21.6 Å². The summed E-state index contributed by atoms with van der Waals surface area (Å²) in [6.45, 7) is 0.981. The van der Waals surface area contributed by atoms with Crippen LogP contribution in [0.15, 0.2) is 47.2 Å². The summed E-state index contributed by atoms with van der Waals surface area (Å²) < 4.78 is 1.01. The third-order valence-electron chi connectivity index (χ3n) is 3.22. The van der Waals surface area contributed by atoms with Crippen molar-refractivity contribution in [1.29, 1.82) is 0 Å². The lowest BCUT2D eigenvalue weighted by atomic mass is 9.77. The first-order valence-electron chi connectivity index (χ1n) is 5.75. The summed E-state index contributed by atoms with van der Waals surface area (Å²) in [6, 6.07) is 10.7. The Labute approximate surface area is 109 Å². The second-order valence-corrected chi connectivity index (χ2v) is 5.29. The van der Waals surface area contributed by atoms with Gasteiger partial charge < -0.3 is 5.32 Å². The van der Waals surface area contributed by atoms with Crippen molar-refractivity contribution in [3.8, 4) is 0 Å². The average Bonchev–Trinajstić information content (AvgIpc) is 2.30. The molecule has 3 rings (SSSR count). The van der Waals surface area contributed by atoms with Crippen LogP contribution >= 0.6 is 15.9 Å². The van der Waals surface area contributed by atoms with E-state index in [1.54, 1.807) is 6.20 Å². The van der Waals surface area contributed by atoms with Crippen LogP contribution in [0.5, 0.6) is 0 Å². The van der Waals surface area contributed by atoms with Crippen molar-refractivity contribution in [2.75, 3.05) is 11.9 Å². The molecule has 0 bridgehead atoms. The fraction of sp³-hybridized carbons (Fsp3) is 0.214. The normalized spacial score (nSPS) is 17.1. The molecular formula is C14H13BrN2. The molecule has 0 fully saturated rings. The van der Waals surface area contributed by atoms with Crippen molar-refractivity contribution < 1.29 is 0 Å². The molecule has 1 aromatic carbocycles. The maximum atomic E-state index is 4.14. The number of rotatable bonds is 3. The van der Waals surface area contributed by atoms with Gasteiger partial charge in [0.15, 0.2) is 0 Å². The second kappa shape index (κ2) is 4.49. The van der Waals surface area contributed by atoms with Gasteiger partial charge in [0, 0.05) is 23.1 Å². The smallest absolute Gasteiger partial charge is 0.0538 e. The van der Waals surface area contributed by atoms with Gasteiger partial charge >= 0.3 is 0 Å². The molecule has 1 aromatic heterocycles. The fourth-order valence-electron chi connectivity index (χ4n) is 2.29. The SMILES string of the molecule is Brc1cncc(NCC2Cc3ccccc32)c1. The van der Waals surface area contributed by atoms with Crippen molar-refractivity contribution in [3.63, 3.8) is 0 Å². The number of hydrogen-bond donors (Lipinski definition) is 1.